The van der Waals surface area contributed by atoms with E-state index in [2.05, 4.69) is 24.6 Å². The zero-order valence-corrected chi connectivity index (χ0v) is 5.14. The summed E-state index contributed by atoms with van der Waals surface area (Å²) in [5, 5.41) is 5.99. The third kappa shape index (κ3) is 2.61. The molecular formula is C5H6N4O. The topological polar surface area (TPSA) is 67.6 Å². The van der Waals surface area contributed by atoms with Crippen LogP contribution in [0, 0.1) is 0 Å². The molecule has 2 heterocycles. The molecule has 5 nitrogen and oxygen atoms in total. The Morgan fingerprint density at radius 3 is 2.50 bits per heavy atom. The predicted octanol–water partition coefficient (Wildman–Crippen LogP) is 0.479. The number of aromatic nitrogens is 4. The van der Waals surface area contributed by atoms with Gasteiger partial charge in [0.15, 0.2) is 6.39 Å². The SMILES string of the molecule is c1cocn1.c1nc[nH]n1. The van der Waals surface area contributed by atoms with Crippen molar-refractivity contribution < 1.29 is 4.42 Å². The number of H-pyrrole nitrogens is 1. The minimum atomic E-state index is 1.38. The molecule has 0 unspecified atom stereocenters. The molecule has 52 valence electrons. The standard InChI is InChI=1S/C3H3NO.C2H3N3/c1-2-5-3-4-1;1-3-2-5-4-1/h1-3H;1-2H,(H,3,4,5). The van der Waals surface area contributed by atoms with Gasteiger partial charge in [0.2, 0.25) is 0 Å². The van der Waals surface area contributed by atoms with Crippen molar-refractivity contribution in [2.24, 2.45) is 0 Å². The van der Waals surface area contributed by atoms with Gasteiger partial charge in [-0.25, -0.2) is 9.97 Å². The van der Waals surface area contributed by atoms with Gasteiger partial charge < -0.3 is 4.42 Å². The summed E-state index contributed by atoms with van der Waals surface area (Å²) in [4.78, 5) is 7.11. The van der Waals surface area contributed by atoms with E-state index in [9.17, 15) is 0 Å². The minimum absolute atomic E-state index is 1.38. The van der Waals surface area contributed by atoms with Crippen LogP contribution in [0.3, 0.4) is 0 Å². The first kappa shape index (κ1) is 6.47. The Hall–Kier alpha value is -1.65. The van der Waals surface area contributed by atoms with Crippen LogP contribution in [0.5, 0.6) is 0 Å². The van der Waals surface area contributed by atoms with Gasteiger partial charge in [0.25, 0.3) is 0 Å². The first-order valence-electron chi connectivity index (χ1n) is 2.61. The van der Waals surface area contributed by atoms with E-state index in [0.29, 0.717) is 0 Å². The highest BCUT2D eigenvalue weighted by molar-refractivity contribution is 4.56. The molecule has 0 atom stereocenters. The van der Waals surface area contributed by atoms with E-state index >= 15 is 0 Å². The molecule has 0 amide bonds. The summed E-state index contributed by atoms with van der Waals surface area (Å²) in [7, 11) is 0. The summed E-state index contributed by atoms with van der Waals surface area (Å²) < 4.78 is 4.47. The van der Waals surface area contributed by atoms with Crippen molar-refractivity contribution in [3.8, 4) is 0 Å². The van der Waals surface area contributed by atoms with Crippen LogP contribution in [-0.4, -0.2) is 20.2 Å². The van der Waals surface area contributed by atoms with E-state index in [1.165, 1.54) is 25.3 Å². The lowest BCUT2D eigenvalue weighted by Crippen LogP contribution is -1.53. The van der Waals surface area contributed by atoms with Gasteiger partial charge in [0.05, 0.1) is 6.20 Å². The first-order valence-corrected chi connectivity index (χ1v) is 2.61. The Bertz CT molecular complexity index is 153. The number of oxazole rings is 1. The van der Waals surface area contributed by atoms with Gasteiger partial charge >= 0.3 is 0 Å². The van der Waals surface area contributed by atoms with Crippen molar-refractivity contribution >= 4 is 0 Å². The summed E-state index contributed by atoms with van der Waals surface area (Å²) in [5.41, 5.74) is 0. The van der Waals surface area contributed by atoms with Crippen molar-refractivity contribution in [1.82, 2.24) is 20.2 Å². The van der Waals surface area contributed by atoms with Gasteiger partial charge in [-0.15, -0.1) is 0 Å². The lowest BCUT2D eigenvalue weighted by atomic mass is 11.0. The number of hydrogen-bond donors (Lipinski definition) is 1. The summed E-state index contributed by atoms with van der Waals surface area (Å²) in [6.45, 7) is 0. The molecule has 10 heavy (non-hydrogen) atoms. The number of hydrogen-bond acceptors (Lipinski definition) is 4. The molecule has 2 rings (SSSR count). The smallest absolute Gasteiger partial charge is 0.180 e. The van der Waals surface area contributed by atoms with Gasteiger partial charge in [-0.05, 0) is 0 Å². The van der Waals surface area contributed by atoms with Crippen LogP contribution in [0.25, 0.3) is 0 Å². The molecule has 0 radical (unpaired) electrons. The Balaban J connectivity index is 0.0000001000. The van der Waals surface area contributed by atoms with Crippen LogP contribution in [0.2, 0.25) is 0 Å². The van der Waals surface area contributed by atoms with Gasteiger partial charge in [-0.3, -0.25) is 5.10 Å². The average molecular weight is 138 g/mol. The molecular weight excluding hydrogens is 132 g/mol. The maximum absolute atomic E-state index is 4.47. The molecule has 0 aliphatic heterocycles. The lowest BCUT2D eigenvalue weighted by molar-refractivity contribution is 0.558. The Labute approximate surface area is 57.1 Å². The maximum atomic E-state index is 4.47. The van der Waals surface area contributed by atoms with Crippen LogP contribution in [0.1, 0.15) is 0 Å². The third-order valence-electron chi connectivity index (χ3n) is 0.678. The molecule has 0 saturated heterocycles. The van der Waals surface area contributed by atoms with E-state index in [-0.39, 0.29) is 0 Å². The zero-order chi connectivity index (χ0) is 7.07. The van der Waals surface area contributed by atoms with Crippen LogP contribution in [-0.2, 0) is 0 Å². The Morgan fingerprint density at radius 2 is 2.30 bits per heavy atom. The fourth-order valence-corrected chi connectivity index (χ4v) is 0.342. The molecule has 2 aromatic heterocycles. The largest absolute Gasteiger partial charge is 0.452 e. The molecule has 0 aliphatic carbocycles. The fraction of sp³-hybridized carbons (Fsp3) is 0. The molecule has 1 N–H and O–H groups in total. The highest BCUT2D eigenvalue weighted by Gasteiger charge is 1.59. The number of aromatic amines is 1. The van der Waals surface area contributed by atoms with Gasteiger partial charge in [0.1, 0.15) is 18.9 Å². The normalized spacial score (nSPS) is 8.00. The van der Waals surface area contributed by atoms with Crippen LogP contribution < -0.4 is 0 Å². The highest BCUT2D eigenvalue weighted by atomic mass is 16.3. The second kappa shape index (κ2) is 4.25. The average Bonchev–Trinajstić information content (AvgIpc) is 2.67. The summed E-state index contributed by atoms with van der Waals surface area (Å²) in [6.07, 6.45) is 7.43. The minimum Gasteiger partial charge on any atom is -0.452 e. The van der Waals surface area contributed by atoms with Crippen LogP contribution in [0.4, 0.5) is 0 Å². The van der Waals surface area contributed by atoms with Crippen molar-refractivity contribution in [1.29, 1.82) is 0 Å². The van der Waals surface area contributed by atoms with Crippen molar-refractivity contribution in [2.45, 2.75) is 0 Å². The lowest BCUT2D eigenvalue weighted by Gasteiger charge is -1.47. The van der Waals surface area contributed by atoms with Crippen LogP contribution in [0.15, 0.2) is 35.9 Å². The van der Waals surface area contributed by atoms with Crippen LogP contribution >= 0.6 is 0 Å². The molecule has 0 spiro atoms. The first-order chi connectivity index (χ1) is 5.00. The molecule has 5 heteroatoms. The second-order valence-corrected chi connectivity index (χ2v) is 1.33. The number of rotatable bonds is 0. The van der Waals surface area contributed by atoms with E-state index in [1.54, 1.807) is 6.20 Å². The van der Waals surface area contributed by atoms with E-state index in [4.69, 9.17) is 0 Å². The predicted molar refractivity (Wildman–Crippen MR) is 32.9 cm³/mol. The molecule has 0 saturated carbocycles. The van der Waals surface area contributed by atoms with Gasteiger partial charge in [-0.2, -0.15) is 5.10 Å². The van der Waals surface area contributed by atoms with Crippen molar-refractivity contribution in [2.75, 3.05) is 0 Å². The zero-order valence-electron chi connectivity index (χ0n) is 5.14. The Kier molecular flexibility index (Phi) is 2.75. The van der Waals surface area contributed by atoms with Crippen molar-refractivity contribution in [3.05, 3.63) is 31.5 Å². The monoisotopic (exact) mass is 138 g/mol. The summed E-state index contributed by atoms with van der Waals surface area (Å²) >= 11 is 0. The third-order valence-corrected chi connectivity index (χ3v) is 0.678. The number of nitrogens with one attached hydrogen (secondary N) is 1. The molecule has 0 aliphatic rings. The Morgan fingerprint density at radius 1 is 1.30 bits per heavy atom. The summed E-state index contributed by atoms with van der Waals surface area (Å²) in [5.74, 6) is 0. The van der Waals surface area contributed by atoms with E-state index < -0.39 is 0 Å². The fourth-order valence-electron chi connectivity index (χ4n) is 0.342. The van der Waals surface area contributed by atoms with E-state index in [0.717, 1.165) is 0 Å². The molecule has 0 aromatic carbocycles. The second-order valence-electron chi connectivity index (χ2n) is 1.33. The van der Waals surface area contributed by atoms with E-state index in [1.807, 2.05) is 0 Å². The molecule has 0 fully saturated rings. The summed E-state index contributed by atoms with van der Waals surface area (Å²) in [6, 6.07) is 0. The van der Waals surface area contributed by atoms with Gasteiger partial charge in [0, 0.05) is 0 Å². The van der Waals surface area contributed by atoms with Crippen molar-refractivity contribution in [3.63, 3.8) is 0 Å². The highest BCUT2D eigenvalue weighted by Crippen LogP contribution is 1.72. The molecule has 2 aromatic rings. The number of nitrogens with zero attached hydrogens (tertiary/aromatic N) is 3. The quantitative estimate of drug-likeness (QED) is 0.574. The maximum Gasteiger partial charge on any atom is 0.180 e. The van der Waals surface area contributed by atoms with Gasteiger partial charge in [-0.1, -0.05) is 0 Å². The molecule has 0 bridgehead atoms.